The van der Waals surface area contributed by atoms with E-state index in [4.69, 9.17) is 9.78 Å². The van der Waals surface area contributed by atoms with E-state index in [0.29, 0.717) is 17.9 Å². The van der Waals surface area contributed by atoms with E-state index in [1.54, 1.807) is 24.3 Å². The fraction of sp³-hybridized carbons (Fsp3) is 0.529. The van der Waals surface area contributed by atoms with Gasteiger partial charge in [0.2, 0.25) is 0 Å². The molecule has 0 saturated heterocycles. The van der Waals surface area contributed by atoms with E-state index >= 15 is 0 Å². The molecule has 0 bridgehead atoms. The van der Waals surface area contributed by atoms with E-state index in [2.05, 4.69) is 33.7 Å². The Morgan fingerprint density at radius 3 is 2.22 bits per heavy atom. The van der Waals surface area contributed by atoms with Crippen LogP contribution in [0.25, 0.3) is 0 Å². The van der Waals surface area contributed by atoms with Crippen LogP contribution in [0.5, 0.6) is 5.75 Å². The van der Waals surface area contributed by atoms with Crippen LogP contribution in [0.2, 0.25) is 0 Å². The van der Waals surface area contributed by atoms with Crippen LogP contribution in [0.15, 0.2) is 42.7 Å². The summed E-state index contributed by atoms with van der Waals surface area (Å²) in [6, 6.07) is 8.79. The molecule has 0 spiro atoms. The summed E-state index contributed by atoms with van der Waals surface area (Å²) in [6.07, 6.45) is 9.28. The van der Waals surface area contributed by atoms with Crippen molar-refractivity contribution in [1.29, 1.82) is 0 Å². The van der Waals surface area contributed by atoms with Gasteiger partial charge in [0.1, 0.15) is 5.76 Å². The van der Waals surface area contributed by atoms with Gasteiger partial charge in [-0.25, -0.2) is 0 Å². The first kappa shape index (κ1) is 19.4. The molecule has 0 amide bonds. The Bertz CT molecular complexity index is 395. The highest BCUT2D eigenvalue weighted by atomic mass is 17.8. The minimum atomic E-state index is 0.459. The third-order valence-corrected chi connectivity index (χ3v) is 3.17. The average molecular weight is 326 g/mol. The number of benzene rings is 1. The van der Waals surface area contributed by atoms with E-state index < -0.39 is 0 Å². The molecule has 0 unspecified atom stereocenters. The average Bonchev–Trinajstić information content (AvgIpc) is 2.58. The predicted molar refractivity (Wildman–Crippen MR) is 84.2 cm³/mol. The lowest BCUT2D eigenvalue weighted by molar-refractivity contribution is -0.741. The fourth-order valence-electron chi connectivity index (χ4n) is 1.93. The molecule has 0 saturated carbocycles. The maximum absolute atomic E-state index is 4.76. The molecule has 130 valence electrons. The third-order valence-electron chi connectivity index (χ3n) is 3.17. The van der Waals surface area contributed by atoms with E-state index in [0.717, 1.165) is 12.8 Å². The molecule has 0 radical (unpaired) electrons. The lowest BCUT2D eigenvalue weighted by Crippen LogP contribution is -2.02. The molecule has 0 aliphatic heterocycles. The second kappa shape index (κ2) is 14.0. The molecule has 1 aromatic carbocycles. The van der Waals surface area contributed by atoms with Crippen molar-refractivity contribution in [2.24, 2.45) is 0 Å². The molecule has 0 N–H and O–H groups in total. The lowest BCUT2D eigenvalue weighted by Gasteiger charge is -2.05. The van der Waals surface area contributed by atoms with Crippen molar-refractivity contribution in [3.05, 3.63) is 42.7 Å². The number of unbranched alkanes of at least 4 members (excludes halogenated alkanes) is 6. The summed E-state index contributed by atoms with van der Waals surface area (Å²) in [5.41, 5.74) is 0. The Hall–Kier alpha value is -1.60. The van der Waals surface area contributed by atoms with Gasteiger partial charge in [0, 0.05) is 26.6 Å². The van der Waals surface area contributed by atoms with Crippen LogP contribution in [-0.4, -0.2) is 0 Å². The molecule has 23 heavy (non-hydrogen) atoms. The number of rotatable bonds is 15. The number of hydrogen-bond donors (Lipinski definition) is 0. The van der Waals surface area contributed by atoms with Crippen LogP contribution in [0.1, 0.15) is 58.3 Å². The van der Waals surface area contributed by atoms with E-state index in [-0.39, 0.29) is 0 Å². The topological polar surface area (TPSA) is 55.4 Å². The zero-order valence-electron chi connectivity index (χ0n) is 13.7. The largest absolute Gasteiger partial charge is 0.311 e. The lowest BCUT2D eigenvalue weighted by atomic mass is 10.1. The molecule has 0 aliphatic carbocycles. The number of hydrogen-bond acceptors (Lipinski definition) is 6. The van der Waals surface area contributed by atoms with E-state index in [1.807, 2.05) is 6.07 Å². The Kier molecular flexibility index (Phi) is 11.9. The number of para-hydroxylation sites is 1. The second-order valence-corrected chi connectivity index (χ2v) is 5.16. The second-order valence-electron chi connectivity index (χ2n) is 5.16. The summed E-state index contributed by atoms with van der Waals surface area (Å²) in [4.78, 5) is 9.49. The van der Waals surface area contributed by atoms with Gasteiger partial charge < -0.3 is 9.78 Å². The first-order valence-corrected chi connectivity index (χ1v) is 8.07. The standard InChI is InChI=1S/C17H26O6/c1-3-4-5-6-7-8-10-13-16(2)18-20-22-23-21-19-17-14-11-9-12-15-17/h9,11-12,14-15H,2-8,10,13H2,1H3. The Balaban J connectivity index is 1.84. The molecule has 1 rings (SSSR count). The van der Waals surface area contributed by atoms with Crippen molar-refractivity contribution in [3.63, 3.8) is 0 Å². The summed E-state index contributed by atoms with van der Waals surface area (Å²) in [5, 5.41) is 16.9. The minimum Gasteiger partial charge on any atom is -0.311 e. The smallest absolute Gasteiger partial charge is 0.168 e. The molecule has 1 aromatic rings. The molecular weight excluding hydrogens is 300 g/mol. The Morgan fingerprint density at radius 1 is 0.826 bits per heavy atom. The first-order chi connectivity index (χ1) is 11.3. The van der Waals surface area contributed by atoms with Crippen molar-refractivity contribution in [2.45, 2.75) is 58.3 Å². The zero-order chi connectivity index (χ0) is 16.6. The highest BCUT2D eigenvalue weighted by Gasteiger charge is 2.00. The zero-order valence-corrected chi connectivity index (χ0v) is 13.7. The van der Waals surface area contributed by atoms with Crippen molar-refractivity contribution < 1.29 is 29.9 Å². The summed E-state index contributed by atoms with van der Waals surface area (Å²) < 4.78 is 0. The van der Waals surface area contributed by atoms with Crippen LogP contribution in [-0.2, 0) is 25.0 Å². The van der Waals surface area contributed by atoms with Crippen molar-refractivity contribution >= 4 is 0 Å². The fourth-order valence-corrected chi connectivity index (χ4v) is 1.93. The molecule has 0 fully saturated rings. The van der Waals surface area contributed by atoms with Crippen LogP contribution < -0.4 is 4.89 Å². The third kappa shape index (κ3) is 11.6. The normalized spacial score (nSPS) is 10.5. The van der Waals surface area contributed by atoms with Gasteiger partial charge in [0.25, 0.3) is 0 Å². The molecule has 0 heterocycles. The minimum absolute atomic E-state index is 0.459. The van der Waals surface area contributed by atoms with Crippen molar-refractivity contribution in [1.82, 2.24) is 0 Å². The van der Waals surface area contributed by atoms with Crippen LogP contribution >= 0.6 is 0 Å². The molecule has 6 heteroatoms. The van der Waals surface area contributed by atoms with Crippen LogP contribution in [0.4, 0.5) is 0 Å². The van der Waals surface area contributed by atoms with Crippen LogP contribution in [0, 0.1) is 0 Å². The molecule has 0 aliphatic rings. The molecule has 0 atom stereocenters. The molecule has 0 aromatic heterocycles. The van der Waals surface area contributed by atoms with Gasteiger partial charge in [0.15, 0.2) is 5.75 Å². The van der Waals surface area contributed by atoms with Gasteiger partial charge >= 0.3 is 0 Å². The first-order valence-electron chi connectivity index (χ1n) is 8.07. The van der Waals surface area contributed by atoms with E-state index in [9.17, 15) is 0 Å². The van der Waals surface area contributed by atoms with Crippen LogP contribution in [0.3, 0.4) is 0 Å². The maximum atomic E-state index is 4.76. The van der Waals surface area contributed by atoms with Gasteiger partial charge in [-0.3, -0.25) is 0 Å². The van der Waals surface area contributed by atoms with Gasteiger partial charge in [-0.2, -0.15) is 0 Å². The van der Waals surface area contributed by atoms with Crippen molar-refractivity contribution in [2.75, 3.05) is 0 Å². The summed E-state index contributed by atoms with van der Waals surface area (Å²) in [7, 11) is 0. The quantitative estimate of drug-likeness (QED) is 0.187. The van der Waals surface area contributed by atoms with Crippen molar-refractivity contribution in [3.8, 4) is 5.75 Å². The van der Waals surface area contributed by atoms with E-state index in [1.165, 1.54) is 32.1 Å². The maximum Gasteiger partial charge on any atom is 0.168 e. The Labute approximate surface area is 137 Å². The monoisotopic (exact) mass is 326 g/mol. The summed E-state index contributed by atoms with van der Waals surface area (Å²) in [5.74, 6) is 0.923. The highest BCUT2D eigenvalue weighted by Crippen LogP contribution is 2.12. The summed E-state index contributed by atoms with van der Waals surface area (Å²) in [6.45, 7) is 5.93. The van der Waals surface area contributed by atoms with Gasteiger partial charge in [-0.05, 0) is 18.6 Å². The Morgan fingerprint density at radius 2 is 1.48 bits per heavy atom. The summed E-state index contributed by atoms with van der Waals surface area (Å²) >= 11 is 0. The van der Waals surface area contributed by atoms with Gasteiger partial charge in [-0.1, -0.05) is 70.2 Å². The SMILES string of the molecule is C=C(CCCCCCCCC)OOOOOOc1ccccc1. The molecular formula is C17H26O6. The predicted octanol–water partition coefficient (Wildman–Crippen LogP) is 5.38. The van der Waals surface area contributed by atoms with Gasteiger partial charge in [0.05, 0.1) is 0 Å². The van der Waals surface area contributed by atoms with Gasteiger partial charge in [-0.15, -0.1) is 0 Å². The highest BCUT2D eigenvalue weighted by molar-refractivity contribution is 5.19. The number of allylic oxidation sites excluding steroid dienone is 1. The molecule has 6 nitrogen and oxygen atoms in total.